The van der Waals surface area contributed by atoms with Crippen molar-refractivity contribution in [2.75, 3.05) is 0 Å². The summed E-state index contributed by atoms with van der Waals surface area (Å²) < 4.78 is 0. The van der Waals surface area contributed by atoms with Crippen LogP contribution in [0.4, 0.5) is 0 Å². The zero-order chi connectivity index (χ0) is 12.2. The third-order valence-corrected chi connectivity index (χ3v) is 1.40. The lowest BCUT2D eigenvalue weighted by Gasteiger charge is -1.98. The highest BCUT2D eigenvalue weighted by molar-refractivity contribution is 6.12. The molecule has 0 aliphatic carbocycles. The minimum absolute atomic E-state index is 0.359. The van der Waals surface area contributed by atoms with E-state index in [0.717, 1.165) is 6.92 Å². The fourth-order valence-corrected chi connectivity index (χ4v) is 0.668. The van der Waals surface area contributed by atoms with Crippen LogP contribution >= 0.6 is 0 Å². The molecule has 7 nitrogen and oxygen atoms in total. The van der Waals surface area contributed by atoms with E-state index in [4.69, 9.17) is 20.4 Å². The topological polar surface area (TPSA) is 132 Å². The van der Waals surface area contributed by atoms with E-state index in [1.165, 1.54) is 0 Å². The van der Waals surface area contributed by atoms with Gasteiger partial charge in [0.2, 0.25) is 5.76 Å². The largest absolute Gasteiger partial charge is 0.502 e. The van der Waals surface area contributed by atoms with Crippen LogP contribution in [0.1, 0.15) is 6.92 Å². The molecule has 15 heavy (non-hydrogen) atoms. The summed E-state index contributed by atoms with van der Waals surface area (Å²) in [4.78, 5) is 31.0. The number of carbonyl (C=O) groups is 3. The normalized spacial score (nSPS) is 11.3. The Morgan fingerprint density at radius 3 is 1.53 bits per heavy atom. The molecule has 0 aliphatic rings. The Kier molecular flexibility index (Phi) is 4.06. The molecule has 0 aromatic rings. The van der Waals surface area contributed by atoms with Crippen LogP contribution in [0.2, 0.25) is 0 Å². The number of allylic oxidation sites excluding steroid dienone is 2. The van der Waals surface area contributed by atoms with Crippen LogP contribution in [0.5, 0.6) is 0 Å². The van der Waals surface area contributed by atoms with Crippen LogP contribution in [0.3, 0.4) is 0 Å². The number of carboxylic acid groups (broad SMARTS) is 3. The molecular formula is C8H8O7. The van der Waals surface area contributed by atoms with Crippen molar-refractivity contribution in [3.8, 4) is 0 Å². The van der Waals surface area contributed by atoms with Crippen LogP contribution in [0.25, 0.3) is 0 Å². The summed E-state index contributed by atoms with van der Waals surface area (Å²) in [7, 11) is 0. The van der Waals surface area contributed by atoms with E-state index >= 15 is 0 Å². The molecule has 7 heteroatoms. The first-order valence-corrected chi connectivity index (χ1v) is 3.58. The van der Waals surface area contributed by atoms with Crippen molar-refractivity contribution in [3.63, 3.8) is 0 Å². The molecule has 82 valence electrons. The van der Waals surface area contributed by atoms with Crippen molar-refractivity contribution in [1.82, 2.24) is 0 Å². The lowest BCUT2D eigenvalue weighted by atomic mass is 10.1. The maximum atomic E-state index is 10.4. The number of aliphatic hydroxyl groups is 1. The molecule has 0 amide bonds. The van der Waals surface area contributed by atoms with E-state index in [0.29, 0.717) is 6.08 Å². The van der Waals surface area contributed by atoms with Gasteiger partial charge in [0.1, 0.15) is 5.57 Å². The highest BCUT2D eigenvalue weighted by Gasteiger charge is 2.17. The Bertz CT molecular complexity index is 358. The summed E-state index contributed by atoms with van der Waals surface area (Å²) in [6, 6.07) is 0. The number of hydrogen-bond donors (Lipinski definition) is 4. The van der Waals surface area contributed by atoms with Gasteiger partial charge in [-0.05, 0) is 18.6 Å². The maximum absolute atomic E-state index is 10.4. The van der Waals surface area contributed by atoms with Crippen molar-refractivity contribution >= 4 is 17.9 Å². The molecule has 0 aromatic heterocycles. The average Bonchev–Trinajstić information content (AvgIpc) is 2.11. The fraction of sp³-hybridized carbons (Fsp3) is 0.125. The van der Waals surface area contributed by atoms with E-state index in [1.807, 2.05) is 0 Å². The van der Waals surface area contributed by atoms with Crippen molar-refractivity contribution in [3.05, 3.63) is 23.0 Å². The summed E-state index contributed by atoms with van der Waals surface area (Å²) in [6.07, 6.45) is 0.564. The number of aliphatic carboxylic acids is 3. The van der Waals surface area contributed by atoms with Gasteiger partial charge in [0, 0.05) is 0 Å². The van der Waals surface area contributed by atoms with Gasteiger partial charge in [-0.1, -0.05) is 0 Å². The first-order valence-electron chi connectivity index (χ1n) is 3.58. The van der Waals surface area contributed by atoms with Gasteiger partial charge in [0.15, 0.2) is 0 Å². The third-order valence-electron chi connectivity index (χ3n) is 1.40. The second-order valence-corrected chi connectivity index (χ2v) is 2.51. The first kappa shape index (κ1) is 12.7. The van der Waals surface area contributed by atoms with Crippen LogP contribution in [0, 0.1) is 0 Å². The van der Waals surface area contributed by atoms with Gasteiger partial charge < -0.3 is 20.4 Å². The molecule has 4 N–H and O–H groups in total. The van der Waals surface area contributed by atoms with Crippen molar-refractivity contribution < 1.29 is 34.8 Å². The maximum Gasteiger partial charge on any atom is 0.371 e. The molecule has 0 rings (SSSR count). The second kappa shape index (κ2) is 4.80. The lowest BCUT2D eigenvalue weighted by molar-refractivity contribution is -0.140. The summed E-state index contributed by atoms with van der Waals surface area (Å²) in [5.41, 5.74) is -1.39. The highest BCUT2D eigenvalue weighted by Crippen LogP contribution is 2.07. The quantitative estimate of drug-likeness (QED) is 0.171. The Balaban J connectivity index is 5.35. The number of hydrogen-bond acceptors (Lipinski definition) is 4. The fourth-order valence-electron chi connectivity index (χ4n) is 0.668. The minimum atomic E-state index is -1.72. The second-order valence-electron chi connectivity index (χ2n) is 2.51. The molecule has 0 aliphatic heterocycles. The van der Waals surface area contributed by atoms with E-state index in [9.17, 15) is 14.4 Å². The minimum Gasteiger partial charge on any atom is -0.502 e. The van der Waals surface area contributed by atoms with Crippen LogP contribution in [-0.2, 0) is 14.4 Å². The molecule has 0 unspecified atom stereocenters. The predicted octanol–water partition coefficient (Wildman–Crippen LogP) is -0.00140. The Morgan fingerprint density at radius 2 is 1.27 bits per heavy atom. The average molecular weight is 216 g/mol. The summed E-state index contributed by atoms with van der Waals surface area (Å²) >= 11 is 0. The predicted molar refractivity (Wildman–Crippen MR) is 46.3 cm³/mol. The zero-order valence-corrected chi connectivity index (χ0v) is 7.59. The van der Waals surface area contributed by atoms with Gasteiger partial charge in [-0.15, -0.1) is 0 Å². The van der Waals surface area contributed by atoms with Crippen LogP contribution < -0.4 is 0 Å². The van der Waals surface area contributed by atoms with Gasteiger partial charge in [-0.2, -0.15) is 0 Å². The van der Waals surface area contributed by atoms with Gasteiger partial charge in [-0.25, -0.2) is 14.4 Å². The van der Waals surface area contributed by atoms with E-state index in [2.05, 4.69) is 0 Å². The van der Waals surface area contributed by atoms with Crippen molar-refractivity contribution in [2.24, 2.45) is 0 Å². The Hall–Kier alpha value is -2.31. The SMILES string of the molecule is C/C(C=C(C(=O)O)C(=O)O)=C(/O)C(=O)O. The van der Waals surface area contributed by atoms with E-state index in [1.54, 1.807) is 0 Å². The van der Waals surface area contributed by atoms with E-state index < -0.39 is 29.2 Å². The summed E-state index contributed by atoms with van der Waals surface area (Å²) in [6.45, 7) is 1.08. The number of aliphatic hydroxyl groups excluding tert-OH is 1. The molecule has 0 saturated heterocycles. The number of carboxylic acids is 3. The lowest BCUT2D eigenvalue weighted by Crippen LogP contribution is -2.12. The monoisotopic (exact) mass is 216 g/mol. The standard InChI is InChI=1S/C8H8O7/c1-3(5(9)8(14)15)2-4(6(10)11)7(12)13/h2,9H,1H3,(H,10,11)(H,12,13)(H,14,15)/b5-3-. The molecule has 0 fully saturated rings. The van der Waals surface area contributed by atoms with Gasteiger partial charge in [0.25, 0.3) is 0 Å². The van der Waals surface area contributed by atoms with Gasteiger partial charge in [0.05, 0.1) is 0 Å². The zero-order valence-electron chi connectivity index (χ0n) is 7.59. The molecule has 0 atom stereocenters. The van der Waals surface area contributed by atoms with E-state index in [-0.39, 0.29) is 5.57 Å². The number of rotatable bonds is 4. The van der Waals surface area contributed by atoms with Crippen molar-refractivity contribution in [1.29, 1.82) is 0 Å². The summed E-state index contributed by atoms with van der Waals surface area (Å²) in [5.74, 6) is -6.21. The first-order chi connectivity index (χ1) is 6.77. The summed E-state index contributed by atoms with van der Waals surface area (Å²) in [5, 5.41) is 34.0. The molecule has 0 bridgehead atoms. The third kappa shape index (κ3) is 3.51. The smallest absolute Gasteiger partial charge is 0.371 e. The Morgan fingerprint density at radius 1 is 0.867 bits per heavy atom. The molecule has 0 radical (unpaired) electrons. The molecular weight excluding hydrogens is 208 g/mol. The van der Waals surface area contributed by atoms with Crippen LogP contribution in [0.15, 0.2) is 23.0 Å². The highest BCUT2D eigenvalue weighted by atomic mass is 16.4. The molecule has 0 spiro atoms. The molecule has 0 aromatic carbocycles. The van der Waals surface area contributed by atoms with Crippen LogP contribution in [-0.4, -0.2) is 38.3 Å². The Labute approximate surface area is 83.6 Å². The molecule has 0 heterocycles. The van der Waals surface area contributed by atoms with Gasteiger partial charge >= 0.3 is 17.9 Å². The molecule has 0 saturated carbocycles. The van der Waals surface area contributed by atoms with Crippen molar-refractivity contribution in [2.45, 2.75) is 6.92 Å². The van der Waals surface area contributed by atoms with Gasteiger partial charge in [-0.3, -0.25) is 0 Å².